The van der Waals surface area contributed by atoms with Gasteiger partial charge < -0.3 is 24.5 Å². The molecule has 0 aliphatic carbocycles. The van der Waals surface area contributed by atoms with E-state index in [-0.39, 0.29) is 6.04 Å². The minimum Gasteiger partial charge on any atom is -0.493 e. The predicted octanol–water partition coefficient (Wildman–Crippen LogP) is 2.23. The number of hydrogen-bond acceptors (Lipinski definition) is 5. The number of methoxy groups -OCH3 is 3. The van der Waals surface area contributed by atoms with E-state index in [0.717, 1.165) is 17.5 Å². The molecule has 0 saturated carbocycles. The molecule has 2 rings (SSSR count). The number of nitrogens with two attached hydrogens (primary N) is 1. The van der Waals surface area contributed by atoms with Crippen molar-refractivity contribution in [3.63, 3.8) is 0 Å². The summed E-state index contributed by atoms with van der Waals surface area (Å²) in [5.74, 6) is 1.78. The third kappa shape index (κ3) is 2.38. The van der Waals surface area contributed by atoms with E-state index in [9.17, 15) is 0 Å². The van der Waals surface area contributed by atoms with Crippen molar-refractivity contribution in [1.82, 2.24) is 9.55 Å². The van der Waals surface area contributed by atoms with Crippen LogP contribution in [0, 0.1) is 0 Å². The smallest absolute Gasteiger partial charge is 0.201 e. The summed E-state index contributed by atoms with van der Waals surface area (Å²) in [6.45, 7) is 2.68. The number of nitrogens with zero attached hydrogens (tertiary/aromatic N) is 2. The maximum atomic E-state index is 6.06. The fourth-order valence-electron chi connectivity index (χ4n) is 2.39. The van der Waals surface area contributed by atoms with Crippen molar-refractivity contribution in [2.24, 2.45) is 0 Å². The molecule has 0 saturated heterocycles. The van der Waals surface area contributed by atoms with E-state index in [2.05, 4.69) is 11.9 Å². The molecular weight excluding hydrogens is 258 g/mol. The topological polar surface area (TPSA) is 71.5 Å². The Balaban J connectivity index is 2.62. The van der Waals surface area contributed by atoms with Crippen LogP contribution in [0.4, 0.5) is 5.95 Å². The molecule has 1 aromatic carbocycles. The Hall–Kier alpha value is -1.95. The number of fused-ring (bicyclic) bond motifs is 1. The normalized spacial score (nSPS) is 12.6. The van der Waals surface area contributed by atoms with Gasteiger partial charge >= 0.3 is 0 Å². The summed E-state index contributed by atoms with van der Waals surface area (Å²) >= 11 is 0. The standard InChI is InChI=1S/C14H21N3O3/c1-5-9(8-18-2)17-11-7-13(20-4)12(19-3)6-10(11)16-14(17)15/h6-7,9H,5,8H2,1-4H3,(H2,15,16). The number of aromatic nitrogens is 2. The van der Waals surface area contributed by atoms with E-state index in [1.54, 1.807) is 21.3 Å². The van der Waals surface area contributed by atoms with Gasteiger partial charge in [-0.15, -0.1) is 0 Å². The second kappa shape index (κ2) is 6.00. The second-order valence-corrected chi connectivity index (χ2v) is 4.55. The first-order valence-corrected chi connectivity index (χ1v) is 6.54. The van der Waals surface area contributed by atoms with E-state index >= 15 is 0 Å². The molecule has 2 N–H and O–H groups in total. The molecule has 110 valence electrons. The zero-order valence-corrected chi connectivity index (χ0v) is 12.3. The van der Waals surface area contributed by atoms with E-state index in [1.165, 1.54) is 0 Å². The highest BCUT2D eigenvalue weighted by Crippen LogP contribution is 2.34. The van der Waals surface area contributed by atoms with Crippen LogP contribution in [0.1, 0.15) is 19.4 Å². The number of imidazole rings is 1. The lowest BCUT2D eigenvalue weighted by Crippen LogP contribution is -2.16. The molecule has 1 atom stereocenters. The van der Waals surface area contributed by atoms with Gasteiger partial charge in [0.25, 0.3) is 0 Å². The van der Waals surface area contributed by atoms with Gasteiger partial charge in [0.1, 0.15) is 0 Å². The van der Waals surface area contributed by atoms with E-state index in [0.29, 0.717) is 24.1 Å². The molecule has 0 amide bonds. The number of anilines is 1. The van der Waals surface area contributed by atoms with Gasteiger partial charge in [-0.3, -0.25) is 0 Å². The van der Waals surface area contributed by atoms with E-state index < -0.39 is 0 Å². The Bertz CT molecular complexity index is 595. The fourth-order valence-corrected chi connectivity index (χ4v) is 2.39. The van der Waals surface area contributed by atoms with Gasteiger partial charge in [-0.1, -0.05) is 6.92 Å². The molecule has 0 bridgehead atoms. The summed E-state index contributed by atoms with van der Waals surface area (Å²) in [7, 11) is 4.89. The van der Waals surface area contributed by atoms with Crippen molar-refractivity contribution >= 4 is 17.0 Å². The van der Waals surface area contributed by atoms with Gasteiger partial charge in [0, 0.05) is 19.2 Å². The SMILES string of the molecule is CCC(COC)n1c(N)nc2cc(OC)c(OC)cc21. The Kier molecular flexibility index (Phi) is 4.34. The fraction of sp³-hybridized carbons (Fsp3) is 0.500. The molecule has 6 nitrogen and oxygen atoms in total. The summed E-state index contributed by atoms with van der Waals surface area (Å²) < 4.78 is 17.9. The Morgan fingerprint density at radius 3 is 2.40 bits per heavy atom. The van der Waals surface area contributed by atoms with Crippen LogP contribution in [0.15, 0.2) is 12.1 Å². The Morgan fingerprint density at radius 1 is 1.20 bits per heavy atom. The minimum absolute atomic E-state index is 0.142. The van der Waals surface area contributed by atoms with Crippen molar-refractivity contribution in [3.8, 4) is 11.5 Å². The van der Waals surface area contributed by atoms with Gasteiger partial charge in [-0.25, -0.2) is 4.98 Å². The second-order valence-electron chi connectivity index (χ2n) is 4.55. The highest BCUT2D eigenvalue weighted by atomic mass is 16.5. The molecule has 6 heteroatoms. The lowest BCUT2D eigenvalue weighted by atomic mass is 10.2. The van der Waals surface area contributed by atoms with Gasteiger partial charge in [-0.2, -0.15) is 0 Å². The third-order valence-corrected chi connectivity index (χ3v) is 3.42. The molecule has 0 aliphatic heterocycles. The van der Waals surface area contributed by atoms with Crippen LogP contribution in [-0.2, 0) is 4.74 Å². The molecule has 20 heavy (non-hydrogen) atoms. The number of hydrogen-bond donors (Lipinski definition) is 1. The van der Waals surface area contributed by atoms with Crippen LogP contribution in [0.5, 0.6) is 11.5 Å². The lowest BCUT2D eigenvalue weighted by Gasteiger charge is -2.18. The van der Waals surface area contributed by atoms with Gasteiger partial charge in [0.2, 0.25) is 5.95 Å². The average molecular weight is 279 g/mol. The first-order chi connectivity index (χ1) is 9.65. The molecule has 0 aliphatic rings. The maximum absolute atomic E-state index is 6.06. The van der Waals surface area contributed by atoms with Crippen molar-refractivity contribution < 1.29 is 14.2 Å². The van der Waals surface area contributed by atoms with Crippen molar-refractivity contribution in [1.29, 1.82) is 0 Å². The zero-order chi connectivity index (χ0) is 14.7. The molecule has 1 unspecified atom stereocenters. The first kappa shape index (κ1) is 14.5. The molecule has 0 spiro atoms. The molecule has 0 fully saturated rings. The lowest BCUT2D eigenvalue weighted by molar-refractivity contribution is 0.155. The third-order valence-electron chi connectivity index (χ3n) is 3.42. The average Bonchev–Trinajstić information content (AvgIpc) is 2.78. The van der Waals surface area contributed by atoms with Crippen LogP contribution in [-0.4, -0.2) is 37.5 Å². The highest BCUT2D eigenvalue weighted by molar-refractivity contribution is 5.82. The monoisotopic (exact) mass is 279 g/mol. The van der Waals surface area contributed by atoms with Crippen LogP contribution in [0.25, 0.3) is 11.0 Å². The van der Waals surface area contributed by atoms with Crippen molar-refractivity contribution in [2.75, 3.05) is 33.7 Å². The predicted molar refractivity (Wildman–Crippen MR) is 78.5 cm³/mol. The summed E-state index contributed by atoms with van der Waals surface area (Å²) in [5, 5.41) is 0. The highest BCUT2D eigenvalue weighted by Gasteiger charge is 2.18. The minimum atomic E-state index is 0.142. The molecule has 2 aromatic rings. The largest absolute Gasteiger partial charge is 0.493 e. The molecule has 1 heterocycles. The summed E-state index contributed by atoms with van der Waals surface area (Å²) in [5.41, 5.74) is 7.76. The molecular formula is C14H21N3O3. The summed E-state index contributed by atoms with van der Waals surface area (Å²) in [4.78, 5) is 4.40. The number of benzene rings is 1. The van der Waals surface area contributed by atoms with Crippen LogP contribution in [0.3, 0.4) is 0 Å². The molecule has 0 radical (unpaired) electrons. The Labute approximate surface area is 118 Å². The van der Waals surface area contributed by atoms with E-state index in [1.807, 2.05) is 16.7 Å². The van der Waals surface area contributed by atoms with Crippen LogP contribution < -0.4 is 15.2 Å². The number of ether oxygens (including phenoxy) is 3. The van der Waals surface area contributed by atoms with Gasteiger partial charge in [-0.05, 0) is 6.42 Å². The Morgan fingerprint density at radius 2 is 1.85 bits per heavy atom. The van der Waals surface area contributed by atoms with Crippen LogP contribution in [0.2, 0.25) is 0 Å². The number of nitrogen functional groups attached to an aromatic ring is 1. The van der Waals surface area contributed by atoms with Crippen LogP contribution >= 0.6 is 0 Å². The number of rotatable bonds is 6. The summed E-state index contributed by atoms with van der Waals surface area (Å²) in [6.07, 6.45) is 0.901. The van der Waals surface area contributed by atoms with Gasteiger partial charge in [0.05, 0.1) is 37.9 Å². The maximum Gasteiger partial charge on any atom is 0.201 e. The van der Waals surface area contributed by atoms with E-state index in [4.69, 9.17) is 19.9 Å². The molecule has 1 aromatic heterocycles. The quantitative estimate of drug-likeness (QED) is 0.878. The van der Waals surface area contributed by atoms with Crippen molar-refractivity contribution in [2.45, 2.75) is 19.4 Å². The zero-order valence-electron chi connectivity index (χ0n) is 12.3. The first-order valence-electron chi connectivity index (χ1n) is 6.54. The summed E-state index contributed by atoms with van der Waals surface area (Å²) in [6, 6.07) is 3.87. The van der Waals surface area contributed by atoms with Gasteiger partial charge in [0.15, 0.2) is 11.5 Å². The van der Waals surface area contributed by atoms with Crippen molar-refractivity contribution in [3.05, 3.63) is 12.1 Å².